The predicted octanol–water partition coefficient (Wildman–Crippen LogP) is 1.29. The Morgan fingerprint density at radius 1 is 1.40 bits per heavy atom. The molecule has 1 aliphatic heterocycles. The van der Waals surface area contributed by atoms with Crippen LogP contribution in [0.25, 0.3) is 0 Å². The fourth-order valence-corrected chi connectivity index (χ4v) is 1.60. The third kappa shape index (κ3) is 1.30. The minimum absolute atomic E-state index is 0.274. The molecule has 10 heavy (non-hydrogen) atoms. The quantitative estimate of drug-likeness (QED) is 0.547. The Morgan fingerprint density at radius 3 is 2.20 bits per heavy atom. The molecule has 0 aromatic heterocycles. The summed E-state index contributed by atoms with van der Waals surface area (Å²) < 4.78 is 0. The minimum Gasteiger partial charge on any atom is -0.299 e. The summed E-state index contributed by atoms with van der Waals surface area (Å²) in [6.45, 7) is 7.28. The van der Waals surface area contributed by atoms with Crippen LogP contribution in [0.1, 0.15) is 27.2 Å². The van der Waals surface area contributed by atoms with E-state index in [0.717, 1.165) is 13.0 Å². The first-order chi connectivity index (χ1) is 4.47. The van der Waals surface area contributed by atoms with Crippen LogP contribution in [0, 0.1) is 16.7 Å². The van der Waals surface area contributed by atoms with E-state index in [4.69, 9.17) is 5.26 Å². The van der Waals surface area contributed by atoms with E-state index in [1.165, 1.54) is 0 Å². The normalized spacial score (nSPS) is 37.4. The van der Waals surface area contributed by atoms with Crippen molar-refractivity contribution in [2.75, 3.05) is 6.54 Å². The summed E-state index contributed by atoms with van der Waals surface area (Å²) in [6, 6.07) is 2.28. The maximum atomic E-state index is 8.75. The molecular weight excluding hydrogens is 124 g/mol. The second-order valence-electron chi connectivity index (χ2n) is 4.14. The molecule has 0 bridgehead atoms. The maximum Gasteiger partial charge on any atom is 0.104 e. The van der Waals surface area contributed by atoms with E-state index in [1.807, 2.05) is 6.92 Å². The van der Waals surface area contributed by atoms with Crippen LogP contribution in [0.15, 0.2) is 0 Å². The summed E-state index contributed by atoms with van der Waals surface area (Å²) in [5, 5.41) is 12.0. The van der Waals surface area contributed by atoms with Gasteiger partial charge in [0.2, 0.25) is 0 Å². The average Bonchev–Trinajstić information content (AvgIpc) is 2.08. The van der Waals surface area contributed by atoms with Crippen molar-refractivity contribution in [2.45, 2.75) is 32.7 Å². The van der Waals surface area contributed by atoms with E-state index in [9.17, 15) is 0 Å². The number of nitrogens with one attached hydrogen (secondary N) is 1. The van der Waals surface area contributed by atoms with Gasteiger partial charge in [0, 0.05) is 6.54 Å². The number of nitriles is 1. The first kappa shape index (κ1) is 7.56. The summed E-state index contributed by atoms with van der Waals surface area (Å²) in [6.07, 6.45) is 0.955. The van der Waals surface area contributed by atoms with E-state index < -0.39 is 0 Å². The lowest BCUT2D eigenvalue weighted by Crippen LogP contribution is -2.33. The summed E-state index contributed by atoms with van der Waals surface area (Å²) in [5.41, 5.74) is 0.0218. The SMILES string of the molecule is CC1(C)CN[C@](C)(C#N)C1. The lowest BCUT2D eigenvalue weighted by Gasteiger charge is -2.17. The van der Waals surface area contributed by atoms with E-state index >= 15 is 0 Å². The van der Waals surface area contributed by atoms with Crippen molar-refractivity contribution in [3.8, 4) is 6.07 Å². The van der Waals surface area contributed by atoms with Crippen LogP contribution in [0.2, 0.25) is 0 Å². The van der Waals surface area contributed by atoms with Gasteiger partial charge in [0.05, 0.1) is 6.07 Å². The molecule has 0 radical (unpaired) electrons. The molecule has 2 heteroatoms. The number of hydrogen-bond acceptors (Lipinski definition) is 2. The molecule has 0 spiro atoms. The third-order valence-corrected chi connectivity index (χ3v) is 2.04. The standard InChI is InChI=1S/C8H14N2/c1-7(2)4-8(3,5-9)10-6-7/h10H,4,6H2,1-3H3/t8-/m0/s1. The first-order valence-electron chi connectivity index (χ1n) is 3.64. The summed E-state index contributed by atoms with van der Waals surface area (Å²) in [4.78, 5) is 0. The Labute approximate surface area is 62.2 Å². The molecular formula is C8H14N2. The minimum atomic E-state index is -0.274. The second kappa shape index (κ2) is 1.96. The Hall–Kier alpha value is -0.550. The van der Waals surface area contributed by atoms with Crippen LogP contribution < -0.4 is 5.32 Å². The van der Waals surface area contributed by atoms with E-state index in [2.05, 4.69) is 25.2 Å². The van der Waals surface area contributed by atoms with Crippen molar-refractivity contribution in [2.24, 2.45) is 5.41 Å². The van der Waals surface area contributed by atoms with Gasteiger partial charge in [-0.1, -0.05) is 13.8 Å². The number of hydrogen-bond donors (Lipinski definition) is 1. The molecule has 0 amide bonds. The van der Waals surface area contributed by atoms with Gasteiger partial charge in [0.25, 0.3) is 0 Å². The highest BCUT2D eigenvalue weighted by atomic mass is 15.0. The zero-order valence-corrected chi connectivity index (χ0v) is 6.86. The van der Waals surface area contributed by atoms with Gasteiger partial charge in [-0.05, 0) is 18.8 Å². The molecule has 1 fully saturated rings. The molecule has 2 nitrogen and oxygen atoms in total. The lowest BCUT2D eigenvalue weighted by atomic mass is 9.86. The molecule has 0 saturated carbocycles. The molecule has 1 atom stereocenters. The fourth-order valence-electron chi connectivity index (χ4n) is 1.60. The van der Waals surface area contributed by atoms with Crippen molar-refractivity contribution in [1.82, 2.24) is 5.32 Å². The Balaban J connectivity index is 2.69. The topological polar surface area (TPSA) is 35.8 Å². The maximum absolute atomic E-state index is 8.75. The van der Waals surface area contributed by atoms with Crippen molar-refractivity contribution < 1.29 is 0 Å². The van der Waals surface area contributed by atoms with Gasteiger partial charge in [0.15, 0.2) is 0 Å². The van der Waals surface area contributed by atoms with E-state index in [-0.39, 0.29) is 5.54 Å². The molecule has 1 saturated heterocycles. The van der Waals surface area contributed by atoms with Gasteiger partial charge in [-0.15, -0.1) is 0 Å². The molecule has 0 unspecified atom stereocenters. The predicted molar refractivity (Wildman–Crippen MR) is 40.4 cm³/mol. The fraction of sp³-hybridized carbons (Fsp3) is 0.875. The summed E-state index contributed by atoms with van der Waals surface area (Å²) >= 11 is 0. The van der Waals surface area contributed by atoms with Gasteiger partial charge in [-0.3, -0.25) is 5.32 Å². The zero-order valence-electron chi connectivity index (χ0n) is 6.86. The molecule has 1 heterocycles. The van der Waals surface area contributed by atoms with Gasteiger partial charge in [-0.2, -0.15) is 5.26 Å². The Morgan fingerprint density at radius 2 is 2.00 bits per heavy atom. The largest absolute Gasteiger partial charge is 0.299 e. The number of rotatable bonds is 0. The van der Waals surface area contributed by atoms with Gasteiger partial charge >= 0.3 is 0 Å². The summed E-state index contributed by atoms with van der Waals surface area (Å²) in [5.74, 6) is 0. The molecule has 1 aliphatic rings. The second-order valence-corrected chi connectivity index (χ2v) is 4.14. The third-order valence-electron chi connectivity index (χ3n) is 2.04. The highest BCUT2D eigenvalue weighted by molar-refractivity contribution is 5.11. The van der Waals surface area contributed by atoms with Crippen LogP contribution in [-0.2, 0) is 0 Å². The average molecular weight is 138 g/mol. The van der Waals surface area contributed by atoms with Crippen molar-refractivity contribution in [3.63, 3.8) is 0 Å². The summed E-state index contributed by atoms with van der Waals surface area (Å²) in [7, 11) is 0. The Kier molecular flexibility index (Phi) is 1.48. The highest BCUT2D eigenvalue weighted by Gasteiger charge is 2.39. The Bertz CT molecular complexity index is 178. The van der Waals surface area contributed by atoms with Gasteiger partial charge in [-0.25, -0.2) is 0 Å². The first-order valence-corrected chi connectivity index (χ1v) is 3.64. The number of nitrogens with zero attached hydrogens (tertiary/aromatic N) is 1. The monoisotopic (exact) mass is 138 g/mol. The molecule has 56 valence electrons. The molecule has 0 aliphatic carbocycles. The van der Waals surface area contributed by atoms with Crippen LogP contribution >= 0.6 is 0 Å². The van der Waals surface area contributed by atoms with E-state index in [0.29, 0.717) is 5.41 Å². The molecule has 0 aromatic carbocycles. The van der Waals surface area contributed by atoms with Crippen LogP contribution in [-0.4, -0.2) is 12.1 Å². The molecule has 1 N–H and O–H groups in total. The molecule has 0 aromatic rings. The van der Waals surface area contributed by atoms with E-state index in [1.54, 1.807) is 0 Å². The smallest absolute Gasteiger partial charge is 0.104 e. The van der Waals surface area contributed by atoms with Crippen molar-refractivity contribution in [1.29, 1.82) is 5.26 Å². The highest BCUT2D eigenvalue weighted by Crippen LogP contribution is 2.32. The van der Waals surface area contributed by atoms with Crippen LogP contribution in [0.4, 0.5) is 0 Å². The van der Waals surface area contributed by atoms with Crippen molar-refractivity contribution >= 4 is 0 Å². The van der Waals surface area contributed by atoms with Crippen molar-refractivity contribution in [3.05, 3.63) is 0 Å². The molecule has 1 rings (SSSR count). The van der Waals surface area contributed by atoms with Crippen LogP contribution in [0.3, 0.4) is 0 Å². The lowest BCUT2D eigenvalue weighted by molar-refractivity contribution is 0.389. The van der Waals surface area contributed by atoms with Crippen LogP contribution in [0.5, 0.6) is 0 Å². The van der Waals surface area contributed by atoms with Gasteiger partial charge in [0.1, 0.15) is 5.54 Å². The zero-order chi connectivity index (χ0) is 7.83. The van der Waals surface area contributed by atoms with Gasteiger partial charge < -0.3 is 0 Å².